The number of aromatic hydroxyl groups is 1. The monoisotopic (exact) mass is 290 g/mol. The van der Waals surface area contributed by atoms with Crippen LogP contribution >= 0.6 is 0 Å². The maximum atomic E-state index is 13.1. The van der Waals surface area contributed by atoms with Crippen molar-refractivity contribution >= 4 is 23.3 Å². The van der Waals surface area contributed by atoms with Crippen molar-refractivity contribution in [3.05, 3.63) is 53.3 Å². The molecule has 0 bridgehead atoms. The van der Waals surface area contributed by atoms with E-state index in [1.54, 1.807) is 0 Å². The Morgan fingerprint density at radius 1 is 1.10 bits per heavy atom. The molecule has 0 spiro atoms. The lowest BCUT2D eigenvalue weighted by atomic mass is 10.1. The van der Waals surface area contributed by atoms with Crippen molar-refractivity contribution in [3.63, 3.8) is 0 Å². The first-order valence-electron chi connectivity index (χ1n) is 5.81. The minimum absolute atomic E-state index is 0.0452. The largest absolute Gasteiger partial charge is 0.507 e. The molecule has 0 fully saturated rings. The van der Waals surface area contributed by atoms with Gasteiger partial charge < -0.3 is 21.3 Å². The number of carboxylic acid groups (broad SMARTS) is 1. The number of halogens is 1. The maximum Gasteiger partial charge on any atom is 0.337 e. The molecule has 2 aromatic carbocycles. The Kier molecular flexibility index (Phi) is 3.75. The minimum atomic E-state index is -1.26. The molecular formula is C14H11FN2O4. The molecule has 0 atom stereocenters. The highest BCUT2D eigenvalue weighted by Crippen LogP contribution is 2.23. The van der Waals surface area contributed by atoms with Crippen LogP contribution < -0.4 is 11.1 Å². The van der Waals surface area contributed by atoms with E-state index in [0.29, 0.717) is 0 Å². The Bertz CT molecular complexity index is 731. The summed E-state index contributed by atoms with van der Waals surface area (Å²) in [4.78, 5) is 23.1. The van der Waals surface area contributed by atoms with Gasteiger partial charge in [0.05, 0.1) is 16.8 Å². The molecule has 0 heterocycles. The number of rotatable bonds is 3. The zero-order valence-electron chi connectivity index (χ0n) is 10.6. The van der Waals surface area contributed by atoms with E-state index in [-0.39, 0.29) is 22.5 Å². The molecule has 21 heavy (non-hydrogen) atoms. The molecule has 0 unspecified atom stereocenters. The normalized spacial score (nSPS) is 10.1. The minimum Gasteiger partial charge on any atom is -0.507 e. The van der Waals surface area contributed by atoms with E-state index >= 15 is 0 Å². The van der Waals surface area contributed by atoms with Gasteiger partial charge in [-0.3, -0.25) is 4.79 Å². The number of amides is 1. The number of nitrogen functional groups attached to an aromatic ring is 1. The van der Waals surface area contributed by atoms with Gasteiger partial charge in [-0.1, -0.05) is 0 Å². The fourth-order valence-electron chi connectivity index (χ4n) is 1.73. The van der Waals surface area contributed by atoms with Gasteiger partial charge >= 0.3 is 5.97 Å². The number of benzene rings is 2. The first kappa shape index (κ1) is 14.3. The molecule has 5 N–H and O–H groups in total. The Balaban J connectivity index is 2.38. The summed E-state index contributed by atoms with van der Waals surface area (Å²) < 4.78 is 13.1. The van der Waals surface area contributed by atoms with Crippen LogP contribution in [0, 0.1) is 5.82 Å². The van der Waals surface area contributed by atoms with Crippen LogP contribution in [0.3, 0.4) is 0 Å². The van der Waals surface area contributed by atoms with Crippen molar-refractivity contribution in [1.29, 1.82) is 0 Å². The van der Waals surface area contributed by atoms with Crippen LogP contribution in [-0.4, -0.2) is 22.1 Å². The van der Waals surface area contributed by atoms with Crippen molar-refractivity contribution in [2.45, 2.75) is 0 Å². The molecule has 0 aliphatic heterocycles. The van der Waals surface area contributed by atoms with Gasteiger partial charge in [0, 0.05) is 5.69 Å². The van der Waals surface area contributed by atoms with Gasteiger partial charge in [0.25, 0.3) is 5.91 Å². The average Bonchev–Trinajstić information content (AvgIpc) is 2.41. The third kappa shape index (κ3) is 3.08. The average molecular weight is 290 g/mol. The Morgan fingerprint density at radius 2 is 1.81 bits per heavy atom. The van der Waals surface area contributed by atoms with E-state index in [0.717, 1.165) is 18.2 Å². The van der Waals surface area contributed by atoms with Gasteiger partial charge in [-0.05, 0) is 36.4 Å². The number of hydrogen-bond donors (Lipinski definition) is 4. The molecule has 1 amide bonds. The first-order valence-corrected chi connectivity index (χ1v) is 5.81. The summed E-state index contributed by atoms with van der Waals surface area (Å²) in [6, 6.07) is 6.74. The second-order valence-electron chi connectivity index (χ2n) is 4.23. The molecule has 2 rings (SSSR count). The predicted octanol–water partition coefficient (Wildman–Crippen LogP) is 2.06. The van der Waals surface area contributed by atoms with Gasteiger partial charge in [-0.25, -0.2) is 9.18 Å². The number of anilines is 2. The second-order valence-corrected chi connectivity index (χ2v) is 4.23. The third-order valence-electron chi connectivity index (χ3n) is 2.73. The summed E-state index contributed by atoms with van der Waals surface area (Å²) in [5.74, 6) is -3.23. The lowest BCUT2D eigenvalue weighted by Crippen LogP contribution is -2.15. The van der Waals surface area contributed by atoms with Crippen LogP contribution in [0.5, 0.6) is 5.75 Å². The summed E-state index contributed by atoms with van der Waals surface area (Å²) >= 11 is 0. The van der Waals surface area contributed by atoms with Gasteiger partial charge in [0.2, 0.25) is 0 Å². The molecule has 0 saturated heterocycles. The third-order valence-corrected chi connectivity index (χ3v) is 2.73. The van der Waals surface area contributed by atoms with E-state index in [2.05, 4.69) is 5.32 Å². The lowest BCUT2D eigenvalue weighted by Gasteiger charge is -2.10. The summed E-state index contributed by atoms with van der Waals surface area (Å²) in [5.41, 5.74) is 5.26. The van der Waals surface area contributed by atoms with Crippen LogP contribution in [0.25, 0.3) is 0 Å². The predicted molar refractivity (Wildman–Crippen MR) is 73.8 cm³/mol. The highest BCUT2D eigenvalue weighted by Gasteiger charge is 2.16. The van der Waals surface area contributed by atoms with Crippen molar-refractivity contribution in [3.8, 4) is 5.75 Å². The zero-order chi connectivity index (χ0) is 15.6. The van der Waals surface area contributed by atoms with Crippen molar-refractivity contribution in [2.75, 3.05) is 11.1 Å². The molecule has 2 aromatic rings. The SMILES string of the molecule is Nc1ccc(C(=O)O)c(NC(=O)c2cc(F)ccc2O)c1. The van der Waals surface area contributed by atoms with E-state index in [4.69, 9.17) is 10.8 Å². The first-order chi connectivity index (χ1) is 9.88. The molecule has 0 aliphatic rings. The molecule has 0 radical (unpaired) electrons. The maximum absolute atomic E-state index is 13.1. The number of nitrogens with one attached hydrogen (secondary N) is 1. The van der Waals surface area contributed by atoms with Crippen molar-refractivity contribution in [1.82, 2.24) is 0 Å². The Hall–Kier alpha value is -3.09. The Labute approximate surface area is 118 Å². The summed E-state index contributed by atoms with van der Waals surface area (Å²) in [6.45, 7) is 0. The molecule has 108 valence electrons. The van der Waals surface area contributed by atoms with Gasteiger partial charge in [0.15, 0.2) is 0 Å². The number of phenolic OH excluding ortho intramolecular Hbond substituents is 1. The fourth-order valence-corrected chi connectivity index (χ4v) is 1.73. The van der Waals surface area contributed by atoms with Crippen LogP contribution in [0.2, 0.25) is 0 Å². The van der Waals surface area contributed by atoms with Crippen molar-refractivity contribution in [2.24, 2.45) is 0 Å². The molecule has 0 aliphatic carbocycles. The molecular weight excluding hydrogens is 279 g/mol. The van der Waals surface area contributed by atoms with Crippen LogP contribution in [-0.2, 0) is 0 Å². The number of carbonyl (C=O) groups is 2. The van der Waals surface area contributed by atoms with Gasteiger partial charge in [0.1, 0.15) is 11.6 Å². The number of phenols is 1. The molecule has 6 nitrogen and oxygen atoms in total. The van der Waals surface area contributed by atoms with E-state index in [1.807, 2.05) is 0 Å². The van der Waals surface area contributed by atoms with Gasteiger partial charge in [-0.15, -0.1) is 0 Å². The smallest absolute Gasteiger partial charge is 0.337 e. The molecule has 0 aromatic heterocycles. The summed E-state index contributed by atoms with van der Waals surface area (Å²) in [7, 11) is 0. The molecule has 7 heteroatoms. The quantitative estimate of drug-likeness (QED) is 0.646. The number of hydrogen-bond acceptors (Lipinski definition) is 4. The molecule has 0 saturated carbocycles. The Morgan fingerprint density at radius 3 is 2.48 bits per heavy atom. The van der Waals surface area contributed by atoms with E-state index in [1.165, 1.54) is 18.2 Å². The van der Waals surface area contributed by atoms with E-state index in [9.17, 15) is 19.1 Å². The number of carboxylic acids is 1. The van der Waals surface area contributed by atoms with E-state index < -0.39 is 23.4 Å². The topological polar surface area (TPSA) is 113 Å². The summed E-state index contributed by atoms with van der Waals surface area (Å²) in [6.07, 6.45) is 0. The number of carbonyl (C=O) groups excluding carboxylic acids is 1. The second kappa shape index (κ2) is 5.49. The fraction of sp³-hybridized carbons (Fsp3) is 0. The van der Waals surface area contributed by atoms with Crippen LogP contribution in [0.1, 0.15) is 20.7 Å². The highest BCUT2D eigenvalue weighted by molar-refractivity contribution is 6.09. The zero-order valence-corrected chi connectivity index (χ0v) is 10.6. The van der Waals surface area contributed by atoms with Gasteiger partial charge in [-0.2, -0.15) is 0 Å². The highest BCUT2D eigenvalue weighted by atomic mass is 19.1. The number of aromatic carboxylic acids is 1. The number of nitrogens with two attached hydrogens (primary N) is 1. The van der Waals surface area contributed by atoms with Crippen LogP contribution in [0.15, 0.2) is 36.4 Å². The lowest BCUT2D eigenvalue weighted by molar-refractivity contribution is 0.0698. The summed E-state index contributed by atoms with van der Waals surface area (Å²) in [5, 5.41) is 20.9. The standard InChI is InChI=1S/C14H11FN2O4/c15-7-1-4-12(18)10(5-7)13(19)17-11-6-8(16)2-3-9(11)14(20)21/h1-6,18H,16H2,(H,17,19)(H,20,21). The van der Waals surface area contributed by atoms with Crippen molar-refractivity contribution < 1.29 is 24.2 Å². The van der Waals surface area contributed by atoms with Crippen LogP contribution in [0.4, 0.5) is 15.8 Å².